The van der Waals surface area contributed by atoms with Gasteiger partial charge in [-0.3, -0.25) is 0 Å². The smallest absolute Gasteiger partial charge is 0.343 e. The molecule has 0 bridgehead atoms. The van der Waals surface area contributed by atoms with Gasteiger partial charge < -0.3 is 14.2 Å². The number of unbranched alkanes of at least 4 members (excludes halogenated alkanes) is 3. The van der Waals surface area contributed by atoms with Crippen LogP contribution in [0.25, 0.3) is 0 Å². The molecule has 0 aliphatic rings. The van der Waals surface area contributed by atoms with Crippen molar-refractivity contribution in [2.75, 3.05) is 19.0 Å². The minimum atomic E-state index is -0.397. The van der Waals surface area contributed by atoms with E-state index < -0.39 is 5.97 Å². The molecular weight excluding hydrogens is 384 g/mol. The Balaban J connectivity index is 1.79. The second-order valence-electron chi connectivity index (χ2n) is 5.54. The van der Waals surface area contributed by atoms with Crippen molar-refractivity contribution in [2.24, 2.45) is 0 Å². The molecule has 25 heavy (non-hydrogen) atoms. The Bertz CT molecular complexity index is 638. The van der Waals surface area contributed by atoms with Gasteiger partial charge in [0.1, 0.15) is 17.2 Å². The van der Waals surface area contributed by atoms with Gasteiger partial charge in [-0.25, -0.2) is 4.79 Å². The van der Waals surface area contributed by atoms with E-state index >= 15 is 0 Å². The van der Waals surface area contributed by atoms with Gasteiger partial charge in [0.2, 0.25) is 0 Å². The zero-order valence-corrected chi connectivity index (χ0v) is 16.0. The third-order valence-corrected chi connectivity index (χ3v) is 4.22. The van der Waals surface area contributed by atoms with E-state index in [9.17, 15) is 4.79 Å². The highest BCUT2D eigenvalue weighted by atomic mass is 79.9. The molecule has 0 aromatic heterocycles. The summed E-state index contributed by atoms with van der Waals surface area (Å²) in [5, 5.41) is 1.06. The van der Waals surface area contributed by atoms with Crippen molar-refractivity contribution in [1.82, 2.24) is 0 Å². The predicted molar refractivity (Wildman–Crippen MR) is 102 cm³/mol. The van der Waals surface area contributed by atoms with Crippen molar-refractivity contribution in [3.63, 3.8) is 0 Å². The summed E-state index contributed by atoms with van der Waals surface area (Å²) in [6, 6.07) is 13.9. The molecule has 0 radical (unpaired) electrons. The Labute approximate surface area is 157 Å². The summed E-state index contributed by atoms with van der Waals surface area (Å²) >= 11 is 3.43. The molecule has 0 aliphatic carbocycles. The van der Waals surface area contributed by atoms with Crippen LogP contribution < -0.4 is 14.2 Å². The molecule has 2 aromatic rings. The van der Waals surface area contributed by atoms with Gasteiger partial charge in [-0.05, 0) is 61.4 Å². The third kappa shape index (κ3) is 6.78. The lowest BCUT2D eigenvalue weighted by Gasteiger charge is -2.08. The van der Waals surface area contributed by atoms with Gasteiger partial charge in [0.25, 0.3) is 0 Å². The first-order valence-electron chi connectivity index (χ1n) is 8.38. The summed E-state index contributed by atoms with van der Waals surface area (Å²) in [7, 11) is 1.59. The Morgan fingerprint density at radius 2 is 1.44 bits per heavy atom. The van der Waals surface area contributed by atoms with Crippen molar-refractivity contribution >= 4 is 21.9 Å². The lowest BCUT2D eigenvalue weighted by molar-refractivity contribution is 0.0734. The molecule has 0 saturated heterocycles. The van der Waals surface area contributed by atoms with Crippen molar-refractivity contribution in [1.29, 1.82) is 0 Å². The maximum atomic E-state index is 12.1. The maximum Gasteiger partial charge on any atom is 0.343 e. The van der Waals surface area contributed by atoms with E-state index in [0.717, 1.165) is 23.9 Å². The zero-order valence-electron chi connectivity index (χ0n) is 14.4. The number of hydrogen-bond donors (Lipinski definition) is 0. The first-order chi connectivity index (χ1) is 12.2. The van der Waals surface area contributed by atoms with Crippen molar-refractivity contribution in [3.05, 3.63) is 54.1 Å². The van der Waals surface area contributed by atoms with Crippen LogP contribution in [-0.2, 0) is 0 Å². The second kappa shape index (κ2) is 10.8. The molecule has 0 spiro atoms. The van der Waals surface area contributed by atoms with Crippen LogP contribution in [0.15, 0.2) is 48.5 Å². The Morgan fingerprint density at radius 1 is 0.840 bits per heavy atom. The summed E-state index contributed by atoms with van der Waals surface area (Å²) < 4.78 is 16.1. The number of benzene rings is 2. The summed E-state index contributed by atoms with van der Waals surface area (Å²) in [5.41, 5.74) is 0.487. The number of ether oxygens (including phenoxy) is 3. The lowest BCUT2D eigenvalue weighted by Crippen LogP contribution is -2.08. The topological polar surface area (TPSA) is 44.8 Å². The Hall–Kier alpha value is -2.01. The summed E-state index contributed by atoms with van der Waals surface area (Å²) in [4.78, 5) is 12.1. The number of carbonyl (C=O) groups excluding carboxylic acids is 1. The van der Waals surface area contributed by atoms with Gasteiger partial charge in [-0.2, -0.15) is 0 Å². The summed E-state index contributed by atoms with van der Waals surface area (Å²) in [6.45, 7) is 0.692. The number of halogens is 1. The molecule has 0 aliphatic heterocycles. The Kier molecular flexibility index (Phi) is 8.32. The standard InChI is InChI=1S/C20H23BrO4/c1-23-17-10-12-19(13-11-17)25-20(22)16-6-8-18(9-7-16)24-15-5-3-2-4-14-21/h6-13H,2-5,14-15H2,1H3. The molecule has 0 heterocycles. The third-order valence-electron chi connectivity index (χ3n) is 3.66. The van der Waals surface area contributed by atoms with E-state index in [1.165, 1.54) is 12.8 Å². The highest BCUT2D eigenvalue weighted by Gasteiger charge is 2.09. The van der Waals surface area contributed by atoms with Crippen molar-refractivity contribution in [3.8, 4) is 17.2 Å². The van der Waals surface area contributed by atoms with Crippen LogP contribution in [0.2, 0.25) is 0 Å². The molecule has 5 heteroatoms. The molecule has 0 saturated carbocycles. The van der Waals surface area contributed by atoms with Crippen LogP contribution in [0.1, 0.15) is 36.0 Å². The first-order valence-corrected chi connectivity index (χ1v) is 9.50. The fraction of sp³-hybridized carbons (Fsp3) is 0.350. The fourth-order valence-corrected chi connectivity index (χ4v) is 2.63. The molecule has 0 atom stereocenters. The average Bonchev–Trinajstić information content (AvgIpc) is 2.65. The zero-order chi connectivity index (χ0) is 17.9. The first kappa shape index (κ1) is 19.3. The monoisotopic (exact) mass is 406 g/mol. The predicted octanol–water partition coefficient (Wildman–Crippen LogP) is 5.25. The van der Waals surface area contributed by atoms with Gasteiger partial charge in [0.15, 0.2) is 0 Å². The highest BCUT2D eigenvalue weighted by Crippen LogP contribution is 2.19. The van der Waals surface area contributed by atoms with Gasteiger partial charge in [-0.15, -0.1) is 0 Å². The van der Waals surface area contributed by atoms with Crippen LogP contribution in [0.4, 0.5) is 0 Å². The van der Waals surface area contributed by atoms with E-state index in [4.69, 9.17) is 14.2 Å². The van der Waals surface area contributed by atoms with Gasteiger partial charge in [-0.1, -0.05) is 28.8 Å². The number of hydrogen-bond acceptors (Lipinski definition) is 4. The quantitative estimate of drug-likeness (QED) is 0.234. The number of esters is 1. The van der Waals surface area contributed by atoms with Crippen LogP contribution in [-0.4, -0.2) is 25.0 Å². The summed E-state index contributed by atoms with van der Waals surface area (Å²) in [6.07, 6.45) is 4.61. The van der Waals surface area contributed by atoms with E-state index in [0.29, 0.717) is 23.7 Å². The largest absolute Gasteiger partial charge is 0.497 e. The lowest BCUT2D eigenvalue weighted by atomic mass is 10.2. The van der Waals surface area contributed by atoms with Gasteiger partial charge >= 0.3 is 5.97 Å². The van der Waals surface area contributed by atoms with Crippen LogP contribution >= 0.6 is 15.9 Å². The number of alkyl halides is 1. The SMILES string of the molecule is COc1ccc(OC(=O)c2ccc(OCCCCCCBr)cc2)cc1. The molecular formula is C20H23BrO4. The summed E-state index contributed by atoms with van der Waals surface area (Å²) in [5.74, 6) is 1.57. The molecule has 0 unspecified atom stereocenters. The van der Waals surface area contributed by atoms with E-state index in [1.807, 2.05) is 0 Å². The molecule has 134 valence electrons. The molecule has 2 rings (SSSR count). The number of methoxy groups -OCH3 is 1. The number of carbonyl (C=O) groups is 1. The minimum absolute atomic E-state index is 0.397. The Morgan fingerprint density at radius 3 is 2.08 bits per heavy atom. The van der Waals surface area contributed by atoms with Crippen molar-refractivity contribution in [2.45, 2.75) is 25.7 Å². The second-order valence-corrected chi connectivity index (χ2v) is 6.33. The average molecular weight is 407 g/mol. The number of rotatable bonds is 10. The maximum absolute atomic E-state index is 12.1. The minimum Gasteiger partial charge on any atom is -0.497 e. The molecule has 0 fully saturated rings. The molecule has 0 N–H and O–H groups in total. The molecule has 2 aromatic carbocycles. The molecule has 0 amide bonds. The molecule has 4 nitrogen and oxygen atoms in total. The van der Waals surface area contributed by atoms with E-state index in [-0.39, 0.29) is 0 Å². The fourth-order valence-electron chi connectivity index (χ4n) is 2.24. The van der Waals surface area contributed by atoms with Crippen molar-refractivity contribution < 1.29 is 19.0 Å². The van der Waals surface area contributed by atoms with Crippen LogP contribution in [0.3, 0.4) is 0 Å². The normalized spacial score (nSPS) is 10.3. The van der Waals surface area contributed by atoms with Gasteiger partial charge in [0, 0.05) is 5.33 Å². The van der Waals surface area contributed by atoms with Gasteiger partial charge in [0.05, 0.1) is 19.3 Å². The highest BCUT2D eigenvalue weighted by molar-refractivity contribution is 9.09. The van der Waals surface area contributed by atoms with E-state index in [2.05, 4.69) is 15.9 Å². The van der Waals surface area contributed by atoms with Crippen LogP contribution in [0, 0.1) is 0 Å². The van der Waals surface area contributed by atoms with E-state index in [1.54, 1.807) is 55.6 Å². The van der Waals surface area contributed by atoms with Crippen LogP contribution in [0.5, 0.6) is 17.2 Å².